The van der Waals surface area contributed by atoms with Crippen LogP contribution in [-0.4, -0.2) is 37.7 Å². The fourth-order valence-electron chi connectivity index (χ4n) is 2.74. The van der Waals surface area contributed by atoms with E-state index in [0.717, 1.165) is 25.7 Å². The Kier molecular flexibility index (Phi) is 6.46. The van der Waals surface area contributed by atoms with Crippen LogP contribution in [0.2, 0.25) is 0 Å². The average molecular weight is 335 g/mol. The highest BCUT2D eigenvalue weighted by Crippen LogP contribution is 2.28. The Hall–Kier alpha value is -2.24. The van der Waals surface area contributed by atoms with Gasteiger partial charge in [-0.25, -0.2) is 4.79 Å². The quantitative estimate of drug-likeness (QED) is 0.776. The number of ether oxygens (including phenoxy) is 3. The molecular weight excluding hydrogens is 310 g/mol. The van der Waals surface area contributed by atoms with Gasteiger partial charge in [0, 0.05) is 6.04 Å². The third-order valence-corrected chi connectivity index (χ3v) is 4.05. The average Bonchev–Trinajstić information content (AvgIpc) is 3.08. The summed E-state index contributed by atoms with van der Waals surface area (Å²) in [6, 6.07) is 5.00. The van der Waals surface area contributed by atoms with Crippen LogP contribution in [0.4, 0.5) is 0 Å². The van der Waals surface area contributed by atoms with E-state index in [0.29, 0.717) is 23.7 Å². The summed E-state index contributed by atoms with van der Waals surface area (Å²) in [5.41, 5.74) is 0.316. The summed E-state index contributed by atoms with van der Waals surface area (Å²) in [5, 5.41) is 2.92. The predicted molar refractivity (Wildman–Crippen MR) is 89.4 cm³/mol. The second kappa shape index (κ2) is 8.57. The molecule has 0 aromatic heterocycles. The largest absolute Gasteiger partial charge is 0.493 e. The molecule has 6 heteroatoms. The standard InChI is InChI=1S/C18H25NO5/c1-4-23-15-10-9-13(11-16(15)22-3)18(21)24-12(2)17(20)19-14-7-5-6-8-14/h9-12,14H,4-8H2,1-3H3,(H,19,20)/t12-/m1/s1. The molecule has 1 fully saturated rings. The van der Waals surface area contributed by atoms with Gasteiger partial charge in [-0.2, -0.15) is 0 Å². The van der Waals surface area contributed by atoms with E-state index < -0.39 is 12.1 Å². The zero-order valence-electron chi connectivity index (χ0n) is 14.5. The highest BCUT2D eigenvalue weighted by Gasteiger charge is 2.24. The molecular formula is C18H25NO5. The minimum Gasteiger partial charge on any atom is -0.493 e. The number of methoxy groups -OCH3 is 1. The van der Waals surface area contributed by atoms with Crippen molar-refractivity contribution in [3.8, 4) is 11.5 Å². The first-order valence-electron chi connectivity index (χ1n) is 8.37. The summed E-state index contributed by atoms with van der Waals surface area (Å²) >= 11 is 0. The van der Waals surface area contributed by atoms with Gasteiger partial charge in [0.2, 0.25) is 0 Å². The molecule has 0 saturated heterocycles. The van der Waals surface area contributed by atoms with Crippen molar-refractivity contribution >= 4 is 11.9 Å². The van der Waals surface area contributed by atoms with E-state index in [1.807, 2.05) is 6.92 Å². The molecule has 0 radical (unpaired) electrons. The summed E-state index contributed by atoms with van der Waals surface area (Å²) in [4.78, 5) is 24.3. The number of benzene rings is 1. The minimum absolute atomic E-state index is 0.198. The highest BCUT2D eigenvalue weighted by atomic mass is 16.5. The molecule has 0 unspecified atom stereocenters. The van der Waals surface area contributed by atoms with Gasteiger partial charge in [0.1, 0.15) is 0 Å². The molecule has 0 spiro atoms. The third kappa shape index (κ3) is 4.63. The van der Waals surface area contributed by atoms with Crippen molar-refractivity contribution in [1.29, 1.82) is 0 Å². The lowest BCUT2D eigenvalue weighted by Crippen LogP contribution is -2.40. The highest BCUT2D eigenvalue weighted by molar-refractivity contribution is 5.92. The topological polar surface area (TPSA) is 73.9 Å². The molecule has 132 valence electrons. The van der Waals surface area contributed by atoms with Crippen LogP contribution in [-0.2, 0) is 9.53 Å². The number of carbonyl (C=O) groups is 2. The Balaban J connectivity index is 1.96. The Labute approximate surface area is 142 Å². The Bertz CT molecular complexity index is 581. The van der Waals surface area contributed by atoms with Gasteiger partial charge in [0.25, 0.3) is 5.91 Å². The Morgan fingerprint density at radius 3 is 2.58 bits per heavy atom. The van der Waals surface area contributed by atoms with Gasteiger partial charge in [0.05, 0.1) is 19.3 Å². The van der Waals surface area contributed by atoms with E-state index in [4.69, 9.17) is 14.2 Å². The molecule has 0 aliphatic heterocycles. The van der Waals surface area contributed by atoms with E-state index in [1.165, 1.54) is 7.11 Å². The fraction of sp³-hybridized carbons (Fsp3) is 0.556. The van der Waals surface area contributed by atoms with Gasteiger partial charge >= 0.3 is 5.97 Å². The normalized spacial score (nSPS) is 15.6. The van der Waals surface area contributed by atoms with E-state index in [2.05, 4.69) is 5.32 Å². The van der Waals surface area contributed by atoms with Gasteiger partial charge in [0.15, 0.2) is 17.6 Å². The maximum Gasteiger partial charge on any atom is 0.339 e. The number of nitrogens with one attached hydrogen (secondary N) is 1. The molecule has 2 rings (SSSR count). The summed E-state index contributed by atoms with van der Waals surface area (Å²) < 4.78 is 15.9. The van der Waals surface area contributed by atoms with Crippen LogP contribution >= 0.6 is 0 Å². The summed E-state index contributed by atoms with van der Waals surface area (Å²) in [6.07, 6.45) is 3.40. The Morgan fingerprint density at radius 1 is 1.25 bits per heavy atom. The van der Waals surface area contributed by atoms with Crippen molar-refractivity contribution in [2.75, 3.05) is 13.7 Å². The summed E-state index contributed by atoms with van der Waals surface area (Å²) in [6.45, 7) is 3.94. The molecule has 1 amide bonds. The first kappa shape index (κ1) is 18.1. The van der Waals surface area contributed by atoms with Crippen LogP contribution < -0.4 is 14.8 Å². The maximum absolute atomic E-state index is 12.2. The number of carbonyl (C=O) groups excluding carboxylic acids is 2. The molecule has 0 bridgehead atoms. The van der Waals surface area contributed by atoms with Crippen molar-refractivity contribution in [2.24, 2.45) is 0 Å². The number of hydrogen-bond acceptors (Lipinski definition) is 5. The lowest BCUT2D eigenvalue weighted by Gasteiger charge is -2.17. The van der Waals surface area contributed by atoms with Crippen LogP contribution in [0.5, 0.6) is 11.5 Å². The molecule has 6 nitrogen and oxygen atoms in total. The van der Waals surface area contributed by atoms with Crippen molar-refractivity contribution in [2.45, 2.75) is 51.7 Å². The molecule has 1 atom stereocenters. The van der Waals surface area contributed by atoms with Crippen LogP contribution in [0, 0.1) is 0 Å². The lowest BCUT2D eigenvalue weighted by atomic mass is 10.2. The number of amides is 1. The zero-order valence-corrected chi connectivity index (χ0v) is 14.5. The number of rotatable bonds is 7. The van der Waals surface area contributed by atoms with E-state index >= 15 is 0 Å². The van der Waals surface area contributed by atoms with Gasteiger partial charge in [-0.05, 0) is 44.9 Å². The van der Waals surface area contributed by atoms with Gasteiger partial charge in [-0.3, -0.25) is 4.79 Å². The van der Waals surface area contributed by atoms with Gasteiger partial charge in [-0.1, -0.05) is 12.8 Å². The zero-order chi connectivity index (χ0) is 17.5. The summed E-state index contributed by atoms with van der Waals surface area (Å²) in [7, 11) is 1.50. The third-order valence-electron chi connectivity index (χ3n) is 4.05. The van der Waals surface area contributed by atoms with Crippen LogP contribution in [0.3, 0.4) is 0 Å². The van der Waals surface area contributed by atoms with Crippen molar-refractivity contribution in [3.05, 3.63) is 23.8 Å². The van der Waals surface area contributed by atoms with Crippen LogP contribution in [0.1, 0.15) is 49.9 Å². The SMILES string of the molecule is CCOc1ccc(C(=O)O[C@H](C)C(=O)NC2CCCC2)cc1OC. The number of hydrogen-bond donors (Lipinski definition) is 1. The molecule has 1 saturated carbocycles. The fourth-order valence-corrected chi connectivity index (χ4v) is 2.74. The van der Waals surface area contributed by atoms with Gasteiger partial charge in [-0.15, -0.1) is 0 Å². The predicted octanol–water partition coefficient (Wildman–Crippen LogP) is 2.70. The molecule has 1 aliphatic carbocycles. The first-order chi connectivity index (χ1) is 11.5. The molecule has 1 aliphatic rings. The monoisotopic (exact) mass is 335 g/mol. The van der Waals surface area contributed by atoms with E-state index in [1.54, 1.807) is 25.1 Å². The minimum atomic E-state index is -0.837. The maximum atomic E-state index is 12.2. The number of esters is 1. The molecule has 0 heterocycles. The second-order valence-electron chi connectivity index (χ2n) is 5.84. The van der Waals surface area contributed by atoms with Crippen molar-refractivity contribution in [1.82, 2.24) is 5.32 Å². The van der Waals surface area contributed by atoms with E-state index in [-0.39, 0.29) is 11.9 Å². The Morgan fingerprint density at radius 2 is 1.96 bits per heavy atom. The lowest BCUT2D eigenvalue weighted by molar-refractivity contribution is -0.129. The summed E-state index contributed by atoms with van der Waals surface area (Å²) in [5.74, 6) is 0.191. The van der Waals surface area contributed by atoms with Crippen molar-refractivity contribution in [3.63, 3.8) is 0 Å². The van der Waals surface area contributed by atoms with Gasteiger partial charge < -0.3 is 19.5 Å². The molecule has 1 aromatic rings. The van der Waals surface area contributed by atoms with Crippen molar-refractivity contribution < 1.29 is 23.8 Å². The molecule has 1 aromatic carbocycles. The molecule has 24 heavy (non-hydrogen) atoms. The van der Waals surface area contributed by atoms with Crippen LogP contribution in [0.25, 0.3) is 0 Å². The smallest absolute Gasteiger partial charge is 0.339 e. The second-order valence-corrected chi connectivity index (χ2v) is 5.84. The van der Waals surface area contributed by atoms with Crippen LogP contribution in [0.15, 0.2) is 18.2 Å². The first-order valence-corrected chi connectivity index (χ1v) is 8.37. The molecule has 1 N–H and O–H groups in total. The van der Waals surface area contributed by atoms with E-state index in [9.17, 15) is 9.59 Å².